The standard InChI is InChI=1S/C19H26N4O4/c1-23(2)18(24)12-5-8-14(9-6-12)20-19-21-17(22-27-19)13-7-10-15(25-3)16(11-13)26-4/h7,10-12,14H,5-6,8-9H2,1-4H3,(H,20,21,22). The third-order valence-electron chi connectivity index (χ3n) is 4.91. The Morgan fingerprint density at radius 2 is 1.85 bits per heavy atom. The highest BCUT2D eigenvalue weighted by Crippen LogP contribution is 2.32. The minimum Gasteiger partial charge on any atom is -0.493 e. The monoisotopic (exact) mass is 374 g/mol. The van der Waals surface area contributed by atoms with Gasteiger partial charge in [-0.3, -0.25) is 4.79 Å². The fourth-order valence-corrected chi connectivity index (χ4v) is 3.40. The van der Waals surface area contributed by atoms with Crippen molar-refractivity contribution >= 4 is 11.9 Å². The highest BCUT2D eigenvalue weighted by molar-refractivity contribution is 5.78. The van der Waals surface area contributed by atoms with Gasteiger partial charge in [0.15, 0.2) is 11.5 Å². The number of carbonyl (C=O) groups is 1. The maximum atomic E-state index is 12.1. The number of hydrogen-bond acceptors (Lipinski definition) is 7. The number of anilines is 1. The molecule has 146 valence electrons. The SMILES string of the molecule is COc1ccc(-c2noc(NC3CCC(C(=O)N(C)C)CC3)n2)cc1OC. The Labute approximate surface area is 158 Å². The van der Waals surface area contributed by atoms with Crippen LogP contribution < -0.4 is 14.8 Å². The molecule has 0 bridgehead atoms. The van der Waals surface area contributed by atoms with Crippen LogP contribution in [0.2, 0.25) is 0 Å². The third kappa shape index (κ3) is 4.32. The summed E-state index contributed by atoms with van der Waals surface area (Å²) in [5.74, 6) is 2.06. The predicted molar refractivity (Wildman–Crippen MR) is 101 cm³/mol. The topological polar surface area (TPSA) is 89.7 Å². The summed E-state index contributed by atoms with van der Waals surface area (Å²) in [7, 11) is 6.79. The van der Waals surface area contributed by atoms with E-state index in [1.807, 2.05) is 12.1 Å². The number of benzene rings is 1. The van der Waals surface area contributed by atoms with E-state index in [0.717, 1.165) is 31.2 Å². The molecule has 0 saturated heterocycles. The van der Waals surface area contributed by atoms with Gasteiger partial charge in [0.25, 0.3) is 0 Å². The molecule has 0 atom stereocenters. The average molecular weight is 374 g/mol. The molecule has 1 saturated carbocycles. The lowest BCUT2D eigenvalue weighted by molar-refractivity contribution is -0.133. The maximum absolute atomic E-state index is 12.1. The molecule has 27 heavy (non-hydrogen) atoms. The summed E-state index contributed by atoms with van der Waals surface area (Å²) in [5.41, 5.74) is 0.782. The number of rotatable bonds is 6. The summed E-state index contributed by atoms with van der Waals surface area (Å²) < 4.78 is 15.9. The minimum atomic E-state index is 0.114. The normalized spacial score (nSPS) is 19.4. The lowest BCUT2D eigenvalue weighted by Gasteiger charge is -2.29. The van der Waals surface area contributed by atoms with Crippen molar-refractivity contribution in [2.24, 2.45) is 5.92 Å². The number of ether oxygens (including phenoxy) is 2. The largest absolute Gasteiger partial charge is 0.493 e. The average Bonchev–Trinajstić information content (AvgIpc) is 3.15. The molecule has 3 rings (SSSR count). The molecule has 1 aromatic carbocycles. The number of amides is 1. The quantitative estimate of drug-likeness (QED) is 0.831. The summed E-state index contributed by atoms with van der Waals surface area (Å²) in [5, 5.41) is 7.33. The van der Waals surface area contributed by atoms with Crippen LogP contribution in [0.4, 0.5) is 6.01 Å². The Morgan fingerprint density at radius 3 is 2.48 bits per heavy atom. The number of nitrogens with one attached hydrogen (secondary N) is 1. The van der Waals surface area contributed by atoms with Crippen LogP contribution in [0.25, 0.3) is 11.4 Å². The first-order valence-corrected chi connectivity index (χ1v) is 9.05. The Balaban J connectivity index is 1.61. The second-order valence-corrected chi connectivity index (χ2v) is 6.92. The summed E-state index contributed by atoms with van der Waals surface area (Å²) in [6.45, 7) is 0. The molecule has 1 aromatic heterocycles. The zero-order valence-electron chi connectivity index (χ0n) is 16.2. The number of carbonyl (C=O) groups excluding carboxylic acids is 1. The number of aromatic nitrogens is 2. The third-order valence-corrected chi connectivity index (χ3v) is 4.91. The molecule has 0 radical (unpaired) electrons. The van der Waals surface area contributed by atoms with Gasteiger partial charge in [-0.05, 0) is 43.9 Å². The number of hydrogen-bond donors (Lipinski definition) is 1. The summed E-state index contributed by atoms with van der Waals surface area (Å²) >= 11 is 0. The van der Waals surface area contributed by atoms with Gasteiger partial charge in [0.2, 0.25) is 11.7 Å². The summed E-state index contributed by atoms with van der Waals surface area (Å²) in [6, 6.07) is 6.09. The Morgan fingerprint density at radius 1 is 1.15 bits per heavy atom. The molecular formula is C19H26N4O4. The van der Waals surface area contributed by atoms with Gasteiger partial charge in [0.1, 0.15) is 0 Å². The van der Waals surface area contributed by atoms with Crippen molar-refractivity contribution in [3.63, 3.8) is 0 Å². The van der Waals surface area contributed by atoms with Gasteiger partial charge < -0.3 is 24.2 Å². The molecule has 8 heteroatoms. The van der Waals surface area contributed by atoms with E-state index in [-0.39, 0.29) is 17.9 Å². The molecule has 2 aromatic rings. The minimum absolute atomic E-state index is 0.114. The van der Waals surface area contributed by atoms with E-state index in [9.17, 15) is 4.79 Å². The van der Waals surface area contributed by atoms with Crippen LogP contribution in [0.5, 0.6) is 11.5 Å². The van der Waals surface area contributed by atoms with Gasteiger partial charge in [-0.1, -0.05) is 5.16 Å². The van der Waals surface area contributed by atoms with E-state index in [1.54, 1.807) is 39.3 Å². The highest BCUT2D eigenvalue weighted by Gasteiger charge is 2.28. The van der Waals surface area contributed by atoms with Crippen molar-refractivity contribution in [3.8, 4) is 22.9 Å². The molecule has 8 nitrogen and oxygen atoms in total. The lowest BCUT2D eigenvalue weighted by Crippen LogP contribution is -2.35. The van der Waals surface area contributed by atoms with Crippen LogP contribution in [0.1, 0.15) is 25.7 Å². The molecule has 0 aliphatic heterocycles. The Bertz CT molecular complexity index is 782. The molecular weight excluding hydrogens is 348 g/mol. The lowest BCUT2D eigenvalue weighted by atomic mass is 9.85. The zero-order valence-corrected chi connectivity index (χ0v) is 16.2. The predicted octanol–water partition coefficient (Wildman–Crippen LogP) is 2.81. The second kappa shape index (κ2) is 8.28. The molecule has 1 aliphatic rings. The molecule has 1 amide bonds. The van der Waals surface area contributed by atoms with Gasteiger partial charge in [-0.2, -0.15) is 4.98 Å². The van der Waals surface area contributed by atoms with E-state index in [1.165, 1.54) is 0 Å². The van der Waals surface area contributed by atoms with E-state index < -0.39 is 0 Å². The van der Waals surface area contributed by atoms with Crippen LogP contribution in [-0.4, -0.2) is 55.3 Å². The van der Waals surface area contributed by atoms with Crippen molar-refractivity contribution in [1.29, 1.82) is 0 Å². The number of methoxy groups -OCH3 is 2. The van der Waals surface area contributed by atoms with Crippen molar-refractivity contribution in [2.75, 3.05) is 33.6 Å². The van der Waals surface area contributed by atoms with E-state index in [2.05, 4.69) is 15.5 Å². The van der Waals surface area contributed by atoms with Crippen molar-refractivity contribution < 1.29 is 18.8 Å². The van der Waals surface area contributed by atoms with Crippen molar-refractivity contribution in [2.45, 2.75) is 31.7 Å². The molecule has 1 fully saturated rings. The molecule has 1 heterocycles. The maximum Gasteiger partial charge on any atom is 0.322 e. The van der Waals surface area contributed by atoms with Gasteiger partial charge in [0, 0.05) is 31.6 Å². The number of nitrogens with zero attached hydrogens (tertiary/aromatic N) is 3. The fraction of sp³-hybridized carbons (Fsp3) is 0.526. The van der Waals surface area contributed by atoms with Crippen LogP contribution in [0.3, 0.4) is 0 Å². The molecule has 0 unspecified atom stereocenters. The summed E-state index contributed by atoms with van der Waals surface area (Å²) in [6.07, 6.45) is 3.54. The van der Waals surface area contributed by atoms with Gasteiger partial charge in [-0.15, -0.1) is 0 Å². The van der Waals surface area contributed by atoms with E-state index in [0.29, 0.717) is 23.3 Å². The first kappa shape index (κ1) is 19.0. The van der Waals surface area contributed by atoms with Gasteiger partial charge in [0.05, 0.1) is 14.2 Å². The first-order valence-electron chi connectivity index (χ1n) is 9.05. The molecule has 1 N–H and O–H groups in total. The van der Waals surface area contributed by atoms with Crippen LogP contribution in [-0.2, 0) is 4.79 Å². The molecule has 1 aliphatic carbocycles. The van der Waals surface area contributed by atoms with E-state index in [4.69, 9.17) is 14.0 Å². The zero-order chi connectivity index (χ0) is 19.4. The Hall–Kier alpha value is -2.77. The van der Waals surface area contributed by atoms with Gasteiger partial charge in [-0.25, -0.2) is 0 Å². The van der Waals surface area contributed by atoms with Crippen LogP contribution >= 0.6 is 0 Å². The molecule has 0 spiro atoms. The fourth-order valence-electron chi connectivity index (χ4n) is 3.40. The van der Waals surface area contributed by atoms with E-state index >= 15 is 0 Å². The smallest absolute Gasteiger partial charge is 0.322 e. The first-order chi connectivity index (χ1) is 13.0. The van der Waals surface area contributed by atoms with Crippen LogP contribution in [0, 0.1) is 5.92 Å². The second-order valence-electron chi connectivity index (χ2n) is 6.92. The highest BCUT2D eigenvalue weighted by atomic mass is 16.5. The van der Waals surface area contributed by atoms with Crippen molar-refractivity contribution in [1.82, 2.24) is 15.0 Å². The van der Waals surface area contributed by atoms with Crippen molar-refractivity contribution in [3.05, 3.63) is 18.2 Å². The van der Waals surface area contributed by atoms with Gasteiger partial charge >= 0.3 is 6.01 Å². The Kier molecular flexibility index (Phi) is 5.83. The van der Waals surface area contributed by atoms with Crippen LogP contribution in [0.15, 0.2) is 22.7 Å². The summed E-state index contributed by atoms with van der Waals surface area (Å²) in [4.78, 5) is 18.2.